The third-order valence-corrected chi connectivity index (χ3v) is 3.16. The lowest BCUT2D eigenvalue weighted by Crippen LogP contribution is -2.31. The highest BCUT2D eigenvalue weighted by Crippen LogP contribution is 2.26. The summed E-state index contributed by atoms with van der Waals surface area (Å²) in [5.41, 5.74) is 0. The van der Waals surface area contributed by atoms with E-state index in [1.807, 2.05) is 13.8 Å². The lowest BCUT2D eigenvalue weighted by molar-refractivity contribution is -0.144. The molecular weight excluding hydrogens is 303 g/mol. The van der Waals surface area contributed by atoms with Gasteiger partial charge in [0.15, 0.2) is 0 Å². The molecule has 0 aromatic carbocycles. The number of alkyl halides is 3. The fourth-order valence-corrected chi connectivity index (χ4v) is 2.22. The molecule has 1 saturated heterocycles. The van der Waals surface area contributed by atoms with Crippen molar-refractivity contribution in [3.8, 4) is 0 Å². The number of carbonyl (C=O) groups is 2. The number of carbonyl (C=O) groups excluding carboxylic acids is 2. The number of nitrogens with one attached hydrogen (secondary N) is 2. The van der Waals surface area contributed by atoms with Crippen molar-refractivity contribution >= 4 is 17.8 Å². The summed E-state index contributed by atoms with van der Waals surface area (Å²) < 4.78 is 37.1. The van der Waals surface area contributed by atoms with E-state index in [4.69, 9.17) is 0 Å². The Hall–Kier alpha value is -2.13. The number of likely N-dealkylation sites (tertiary alicyclic amines) is 1. The van der Waals surface area contributed by atoms with Crippen molar-refractivity contribution < 1.29 is 22.8 Å². The van der Waals surface area contributed by atoms with Gasteiger partial charge in [-0.15, -0.1) is 5.10 Å². The molecule has 2 rings (SSSR count). The number of aromatic nitrogens is 3. The minimum atomic E-state index is -4.66. The molecule has 2 N–H and O–H groups in total. The van der Waals surface area contributed by atoms with Crippen molar-refractivity contribution in [2.24, 2.45) is 11.8 Å². The van der Waals surface area contributed by atoms with Gasteiger partial charge in [-0.3, -0.25) is 20.0 Å². The van der Waals surface area contributed by atoms with Gasteiger partial charge in [0, 0.05) is 19.5 Å². The van der Waals surface area contributed by atoms with Crippen LogP contribution in [0.5, 0.6) is 0 Å². The van der Waals surface area contributed by atoms with Crippen molar-refractivity contribution in [2.45, 2.75) is 26.4 Å². The van der Waals surface area contributed by atoms with Crippen molar-refractivity contribution in [2.75, 3.05) is 18.4 Å². The van der Waals surface area contributed by atoms with Crippen LogP contribution >= 0.6 is 0 Å². The van der Waals surface area contributed by atoms with E-state index in [0.29, 0.717) is 6.54 Å². The molecule has 0 aliphatic carbocycles. The average Bonchev–Trinajstić information content (AvgIpc) is 2.96. The van der Waals surface area contributed by atoms with Gasteiger partial charge in [-0.1, -0.05) is 13.8 Å². The van der Waals surface area contributed by atoms with Crippen molar-refractivity contribution in [1.29, 1.82) is 0 Å². The van der Waals surface area contributed by atoms with Crippen LogP contribution in [0.25, 0.3) is 0 Å². The first kappa shape index (κ1) is 16.2. The third-order valence-electron chi connectivity index (χ3n) is 3.16. The predicted octanol–water partition coefficient (Wildman–Crippen LogP) is 1.27. The van der Waals surface area contributed by atoms with E-state index in [9.17, 15) is 22.8 Å². The lowest BCUT2D eigenvalue weighted by atomic mass is 10.1. The number of rotatable bonds is 4. The molecule has 1 fully saturated rings. The summed E-state index contributed by atoms with van der Waals surface area (Å²) in [5, 5.41) is 7.20. The first-order valence-corrected chi connectivity index (χ1v) is 6.75. The van der Waals surface area contributed by atoms with Crippen LogP contribution in [-0.2, 0) is 15.8 Å². The summed E-state index contributed by atoms with van der Waals surface area (Å²) in [5.74, 6) is -2.78. The molecule has 0 saturated carbocycles. The SMILES string of the molecule is CC(C)CN1CC(C(=O)Nc2n[nH]c(C(F)(F)F)n2)CC1=O. The standard InChI is InChI=1S/C12H16F3N5O2/c1-6(2)4-20-5-7(3-8(20)21)9(22)16-11-17-10(18-19-11)12(13,14)15/h6-7H,3-5H2,1-2H3,(H2,16,17,18,19,22). The molecule has 1 aromatic rings. The number of amides is 2. The zero-order valence-electron chi connectivity index (χ0n) is 12.1. The summed E-state index contributed by atoms with van der Waals surface area (Å²) in [4.78, 5) is 28.5. The first-order valence-electron chi connectivity index (χ1n) is 6.75. The Morgan fingerprint density at radius 2 is 2.18 bits per heavy atom. The number of H-pyrrole nitrogens is 1. The van der Waals surface area contributed by atoms with Crippen LogP contribution in [0.4, 0.5) is 19.1 Å². The Morgan fingerprint density at radius 3 is 2.73 bits per heavy atom. The third kappa shape index (κ3) is 3.74. The van der Waals surface area contributed by atoms with Crippen LogP contribution in [0, 0.1) is 11.8 Å². The number of hydrogen-bond acceptors (Lipinski definition) is 4. The molecule has 0 bridgehead atoms. The van der Waals surface area contributed by atoms with Crippen LogP contribution in [0.1, 0.15) is 26.1 Å². The van der Waals surface area contributed by atoms with Gasteiger partial charge < -0.3 is 4.90 Å². The molecule has 122 valence electrons. The maximum atomic E-state index is 12.4. The molecular formula is C12H16F3N5O2. The Kier molecular flexibility index (Phi) is 4.38. The van der Waals surface area contributed by atoms with Crippen LogP contribution < -0.4 is 5.32 Å². The van der Waals surface area contributed by atoms with Gasteiger partial charge in [0.05, 0.1) is 5.92 Å². The van der Waals surface area contributed by atoms with Crippen molar-refractivity contribution in [3.63, 3.8) is 0 Å². The quantitative estimate of drug-likeness (QED) is 0.874. The number of hydrogen-bond donors (Lipinski definition) is 2. The van der Waals surface area contributed by atoms with Gasteiger partial charge in [0.25, 0.3) is 0 Å². The Bertz CT molecular complexity index is 569. The second kappa shape index (κ2) is 5.93. The highest BCUT2D eigenvalue weighted by Gasteiger charge is 2.37. The van der Waals surface area contributed by atoms with Crippen LogP contribution in [0.3, 0.4) is 0 Å². The average molecular weight is 319 g/mol. The number of halogens is 3. The summed E-state index contributed by atoms with van der Waals surface area (Å²) in [6.45, 7) is 4.70. The molecule has 0 spiro atoms. The van der Waals surface area contributed by atoms with E-state index in [0.717, 1.165) is 0 Å². The summed E-state index contributed by atoms with van der Waals surface area (Å²) in [6, 6.07) is 0. The van der Waals surface area contributed by atoms with Crippen LogP contribution in [0.15, 0.2) is 0 Å². The molecule has 1 unspecified atom stereocenters. The lowest BCUT2D eigenvalue weighted by Gasteiger charge is -2.18. The van der Waals surface area contributed by atoms with Crippen LogP contribution in [-0.4, -0.2) is 45.0 Å². The maximum Gasteiger partial charge on any atom is 0.451 e. The summed E-state index contributed by atoms with van der Waals surface area (Å²) >= 11 is 0. The van der Waals surface area contributed by atoms with Gasteiger partial charge in [0.1, 0.15) is 0 Å². The van der Waals surface area contributed by atoms with Gasteiger partial charge in [0.2, 0.25) is 23.6 Å². The topological polar surface area (TPSA) is 91.0 Å². The van der Waals surface area contributed by atoms with E-state index < -0.39 is 29.8 Å². The molecule has 1 aliphatic heterocycles. The van der Waals surface area contributed by atoms with Gasteiger partial charge in [-0.2, -0.15) is 18.2 Å². The highest BCUT2D eigenvalue weighted by molar-refractivity contribution is 5.96. The van der Waals surface area contributed by atoms with E-state index in [1.54, 1.807) is 10.00 Å². The molecule has 1 atom stereocenters. The first-order chi connectivity index (χ1) is 10.2. The summed E-state index contributed by atoms with van der Waals surface area (Å²) in [6.07, 6.45) is -4.62. The smallest absolute Gasteiger partial charge is 0.342 e. The second-order valence-corrected chi connectivity index (χ2v) is 5.59. The molecule has 7 nitrogen and oxygen atoms in total. The number of nitrogens with zero attached hydrogens (tertiary/aromatic N) is 3. The molecule has 2 amide bonds. The highest BCUT2D eigenvalue weighted by atomic mass is 19.4. The molecule has 1 aromatic heterocycles. The zero-order chi connectivity index (χ0) is 16.5. The summed E-state index contributed by atoms with van der Waals surface area (Å²) in [7, 11) is 0. The fraction of sp³-hybridized carbons (Fsp3) is 0.667. The largest absolute Gasteiger partial charge is 0.451 e. The minimum Gasteiger partial charge on any atom is -0.342 e. The zero-order valence-corrected chi connectivity index (χ0v) is 12.1. The van der Waals surface area contributed by atoms with Gasteiger partial charge in [-0.25, -0.2) is 0 Å². The molecule has 2 heterocycles. The van der Waals surface area contributed by atoms with Crippen molar-refractivity contribution in [1.82, 2.24) is 20.1 Å². The Balaban J connectivity index is 1.96. The van der Waals surface area contributed by atoms with E-state index in [-0.39, 0.29) is 24.8 Å². The fourth-order valence-electron chi connectivity index (χ4n) is 2.22. The monoisotopic (exact) mass is 319 g/mol. The maximum absolute atomic E-state index is 12.4. The van der Waals surface area contributed by atoms with E-state index in [1.165, 1.54) is 0 Å². The van der Waals surface area contributed by atoms with Crippen molar-refractivity contribution in [3.05, 3.63) is 5.82 Å². The molecule has 1 aliphatic rings. The molecule has 0 radical (unpaired) electrons. The Morgan fingerprint density at radius 1 is 1.50 bits per heavy atom. The number of aromatic amines is 1. The minimum absolute atomic E-state index is 0.0368. The Labute approximate surface area is 124 Å². The number of anilines is 1. The van der Waals surface area contributed by atoms with E-state index in [2.05, 4.69) is 15.4 Å². The molecule has 10 heteroatoms. The normalized spacial score (nSPS) is 19.1. The predicted molar refractivity (Wildman–Crippen MR) is 69.5 cm³/mol. The van der Waals surface area contributed by atoms with E-state index >= 15 is 0 Å². The van der Waals surface area contributed by atoms with Gasteiger partial charge >= 0.3 is 6.18 Å². The second-order valence-electron chi connectivity index (χ2n) is 5.59. The molecule has 22 heavy (non-hydrogen) atoms. The van der Waals surface area contributed by atoms with Crippen LogP contribution in [0.2, 0.25) is 0 Å². The van der Waals surface area contributed by atoms with Gasteiger partial charge in [-0.05, 0) is 5.92 Å².